The number of carbonyl (C=O) groups is 2. The zero-order valence-corrected chi connectivity index (χ0v) is 17.6. The largest absolute Gasteiger partial charge is 0.493 e. The molecule has 0 atom stereocenters. The summed E-state index contributed by atoms with van der Waals surface area (Å²) >= 11 is 11.9. The molecule has 1 aromatic heterocycles. The monoisotopic (exact) mass is 462 g/mol. The first-order chi connectivity index (χ1) is 14.2. The molecule has 0 fully saturated rings. The van der Waals surface area contributed by atoms with Gasteiger partial charge in [0, 0.05) is 37.3 Å². The van der Waals surface area contributed by atoms with Gasteiger partial charge in [0.05, 0.1) is 19.2 Å². The zero-order chi connectivity index (χ0) is 22.4. The fourth-order valence-corrected chi connectivity index (χ4v) is 3.12. The molecule has 1 heterocycles. The van der Waals surface area contributed by atoms with Crippen LogP contribution in [0.25, 0.3) is 0 Å². The number of ether oxygens (including phenoxy) is 2. The summed E-state index contributed by atoms with van der Waals surface area (Å²) in [5.74, 6) is -4.48. The third-order valence-electron chi connectivity index (χ3n) is 4.13. The van der Waals surface area contributed by atoms with E-state index in [1.165, 1.54) is 31.4 Å². The summed E-state index contributed by atoms with van der Waals surface area (Å²) < 4.78 is 39.9. The Hall–Kier alpha value is -2.65. The minimum Gasteiger partial charge on any atom is -0.493 e. The number of methoxy groups -OCH3 is 2. The van der Waals surface area contributed by atoms with E-state index < -0.39 is 35.5 Å². The Labute approximate surface area is 181 Å². The van der Waals surface area contributed by atoms with E-state index in [4.69, 9.17) is 37.8 Å². The molecular weight excluding hydrogens is 445 g/mol. The second-order valence-corrected chi connectivity index (χ2v) is 6.93. The summed E-state index contributed by atoms with van der Waals surface area (Å²) in [6.45, 7) is -0.344. The van der Waals surface area contributed by atoms with Crippen LogP contribution in [0.2, 0.25) is 10.2 Å². The molecule has 2 aromatic rings. The second kappa shape index (κ2) is 10.4. The van der Waals surface area contributed by atoms with Crippen LogP contribution >= 0.6 is 23.2 Å². The van der Waals surface area contributed by atoms with Crippen LogP contribution in [0.5, 0.6) is 11.5 Å². The number of carboxylic acid groups (broad SMARTS) is 1. The molecule has 0 amide bonds. The van der Waals surface area contributed by atoms with Gasteiger partial charge in [-0.05, 0) is 6.07 Å². The Morgan fingerprint density at radius 3 is 2.23 bits per heavy atom. The van der Waals surface area contributed by atoms with Crippen LogP contribution in [0, 0.1) is 11.6 Å². The predicted molar refractivity (Wildman–Crippen MR) is 107 cm³/mol. The molecule has 0 spiro atoms. The number of ketones is 1. The number of anilines is 1. The van der Waals surface area contributed by atoms with Crippen LogP contribution in [0.4, 0.5) is 14.5 Å². The summed E-state index contributed by atoms with van der Waals surface area (Å²) in [7, 11) is 2.42. The number of aromatic nitrogens is 1. The number of pyridine rings is 1. The first-order valence-electron chi connectivity index (χ1n) is 8.56. The van der Waals surface area contributed by atoms with Gasteiger partial charge >= 0.3 is 5.97 Å². The maximum atomic E-state index is 15.0. The minimum atomic E-state index is -1.29. The third kappa shape index (κ3) is 5.70. The van der Waals surface area contributed by atoms with Crippen LogP contribution < -0.4 is 14.4 Å². The maximum Gasteiger partial charge on any atom is 0.310 e. The molecule has 0 radical (unpaired) electrons. The first kappa shape index (κ1) is 23.6. The number of benzene rings is 1. The highest BCUT2D eigenvalue weighted by Gasteiger charge is 2.26. The van der Waals surface area contributed by atoms with Gasteiger partial charge in [0.15, 0.2) is 23.1 Å². The van der Waals surface area contributed by atoms with Crippen LogP contribution in [0.1, 0.15) is 18.4 Å². The van der Waals surface area contributed by atoms with E-state index in [-0.39, 0.29) is 41.2 Å². The molecule has 30 heavy (non-hydrogen) atoms. The SMILES string of the molecule is COc1cc(OC)c(F)c(N(CCC(=O)CC(=O)O)Cc2cnc(Cl)cc2Cl)c1F. The number of hydrogen-bond donors (Lipinski definition) is 1. The van der Waals surface area contributed by atoms with Gasteiger partial charge in [-0.25, -0.2) is 13.8 Å². The molecule has 0 aliphatic carbocycles. The highest BCUT2D eigenvalue weighted by atomic mass is 35.5. The van der Waals surface area contributed by atoms with Crippen LogP contribution in [-0.2, 0) is 16.1 Å². The molecule has 0 bridgehead atoms. The van der Waals surface area contributed by atoms with Crippen molar-refractivity contribution in [3.63, 3.8) is 0 Å². The van der Waals surface area contributed by atoms with Crippen molar-refractivity contribution in [2.24, 2.45) is 0 Å². The Kier molecular flexibility index (Phi) is 8.19. The molecule has 0 aliphatic rings. The van der Waals surface area contributed by atoms with E-state index in [0.29, 0.717) is 5.56 Å². The van der Waals surface area contributed by atoms with Crippen molar-refractivity contribution >= 4 is 40.6 Å². The van der Waals surface area contributed by atoms with Crippen molar-refractivity contribution in [1.82, 2.24) is 4.98 Å². The topological polar surface area (TPSA) is 89.0 Å². The smallest absolute Gasteiger partial charge is 0.310 e. The van der Waals surface area contributed by atoms with Crippen LogP contribution in [-0.4, -0.2) is 42.6 Å². The lowest BCUT2D eigenvalue weighted by atomic mass is 10.1. The predicted octanol–water partition coefficient (Wildman–Crippen LogP) is 4.12. The van der Waals surface area contributed by atoms with Crippen molar-refractivity contribution in [2.45, 2.75) is 19.4 Å². The number of Topliss-reactive ketones (excluding diaryl/α,β-unsaturated/α-hetero) is 1. The Balaban J connectivity index is 2.49. The molecule has 7 nitrogen and oxygen atoms in total. The Morgan fingerprint density at radius 1 is 1.13 bits per heavy atom. The van der Waals surface area contributed by atoms with Gasteiger partial charge in [0.25, 0.3) is 0 Å². The van der Waals surface area contributed by atoms with Gasteiger partial charge in [0.2, 0.25) is 0 Å². The van der Waals surface area contributed by atoms with Gasteiger partial charge in [-0.15, -0.1) is 0 Å². The Morgan fingerprint density at radius 2 is 1.73 bits per heavy atom. The van der Waals surface area contributed by atoms with Crippen molar-refractivity contribution in [3.8, 4) is 11.5 Å². The molecule has 0 saturated heterocycles. The number of carbonyl (C=O) groups excluding carboxylic acids is 1. The average Bonchev–Trinajstić information content (AvgIpc) is 2.67. The third-order valence-corrected chi connectivity index (χ3v) is 4.69. The number of halogens is 4. The van der Waals surface area contributed by atoms with E-state index in [2.05, 4.69) is 4.98 Å². The van der Waals surface area contributed by atoms with Gasteiger partial charge in [-0.2, -0.15) is 0 Å². The van der Waals surface area contributed by atoms with Gasteiger partial charge in [0.1, 0.15) is 23.0 Å². The van der Waals surface area contributed by atoms with Crippen molar-refractivity contribution in [3.05, 3.63) is 45.7 Å². The summed E-state index contributed by atoms with van der Waals surface area (Å²) in [5.41, 5.74) is -0.132. The summed E-state index contributed by atoms with van der Waals surface area (Å²) in [4.78, 5) is 27.7. The van der Waals surface area contributed by atoms with Crippen molar-refractivity contribution in [1.29, 1.82) is 0 Å². The lowest BCUT2D eigenvalue weighted by Gasteiger charge is -2.27. The molecule has 2 rings (SSSR count). The lowest BCUT2D eigenvalue weighted by Crippen LogP contribution is -2.28. The Bertz CT molecular complexity index is 931. The van der Waals surface area contributed by atoms with Crippen LogP contribution in [0.3, 0.4) is 0 Å². The summed E-state index contributed by atoms with van der Waals surface area (Å²) in [5, 5.41) is 9.10. The molecule has 0 saturated carbocycles. The van der Waals surface area contributed by atoms with E-state index in [1.807, 2.05) is 0 Å². The number of rotatable bonds is 10. The van der Waals surface area contributed by atoms with Gasteiger partial charge < -0.3 is 19.5 Å². The minimum absolute atomic E-state index is 0.132. The van der Waals surface area contributed by atoms with E-state index >= 15 is 0 Å². The second-order valence-electron chi connectivity index (χ2n) is 6.14. The highest BCUT2D eigenvalue weighted by Crippen LogP contribution is 2.38. The number of nitrogens with zero attached hydrogens (tertiary/aromatic N) is 2. The highest BCUT2D eigenvalue weighted by molar-refractivity contribution is 6.34. The fraction of sp³-hybridized carbons (Fsp3) is 0.316. The number of hydrogen-bond acceptors (Lipinski definition) is 6. The molecule has 1 N–H and O–H groups in total. The zero-order valence-electron chi connectivity index (χ0n) is 16.0. The normalized spacial score (nSPS) is 10.6. The van der Waals surface area contributed by atoms with E-state index in [0.717, 1.165) is 6.07 Å². The van der Waals surface area contributed by atoms with E-state index in [1.54, 1.807) is 0 Å². The number of aliphatic carboxylic acids is 1. The molecule has 1 aromatic carbocycles. The molecule has 162 valence electrons. The summed E-state index contributed by atoms with van der Waals surface area (Å²) in [6, 6.07) is 2.42. The van der Waals surface area contributed by atoms with Crippen LogP contribution in [0.15, 0.2) is 18.3 Å². The molecule has 0 unspecified atom stereocenters. The first-order valence-corrected chi connectivity index (χ1v) is 9.31. The van der Waals surface area contributed by atoms with Gasteiger partial charge in [-0.1, -0.05) is 23.2 Å². The van der Waals surface area contributed by atoms with E-state index in [9.17, 15) is 18.4 Å². The van der Waals surface area contributed by atoms with Crippen molar-refractivity contribution < 1.29 is 33.0 Å². The molecule has 0 aliphatic heterocycles. The number of carboxylic acids is 1. The van der Waals surface area contributed by atoms with Crippen molar-refractivity contribution in [2.75, 3.05) is 25.7 Å². The standard InChI is InChI=1S/C19H18Cl2F2N2O5/c1-29-13-7-14(30-2)18(23)19(17(13)22)25(4-3-11(26)5-16(27)28)9-10-8-24-15(21)6-12(10)20/h6-8H,3-5,9H2,1-2H3,(H,27,28). The maximum absolute atomic E-state index is 15.0. The molecule has 11 heteroatoms. The quantitative estimate of drug-likeness (QED) is 0.419. The fourth-order valence-electron chi connectivity index (χ4n) is 2.69. The summed E-state index contributed by atoms with van der Waals surface area (Å²) in [6.07, 6.45) is 0.358. The van der Waals surface area contributed by atoms with Gasteiger partial charge in [-0.3, -0.25) is 9.59 Å². The molecular formula is C19H18Cl2F2N2O5. The lowest BCUT2D eigenvalue weighted by molar-refractivity contribution is -0.140. The average molecular weight is 463 g/mol.